The maximum Gasteiger partial charge on any atom is 0.244 e. The Kier molecular flexibility index (Phi) is 3.90. The van der Waals surface area contributed by atoms with Crippen LogP contribution in [0, 0.1) is 13.8 Å². The van der Waals surface area contributed by atoms with Gasteiger partial charge in [-0.1, -0.05) is 6.07 Å². The zero-order chi connectivity index (χ0) is 13.1. The first-order valence-corrected chi connectivity index (χ1v) is 6.70. The average Bonchev–Trinajstić information content (AvgIpc) is 2.86. The topological polar surface area (TPSA) is 32.3 Å². The molecule has 0 spiro atoms. The first kappa shape index (κ1) is 12.9. The Balaban J connectivity index is 1.99. The lowest BCUT2D eigenvalue weighted by atomic mass is 10.1. The maximum absolute atomic E-state index is 12.2. The van der Waals surface area contributed by atoms with Gasteiger partial charge in [-0.3, -0.25) is 4.79 Å². The van der Waals surface area contributed by atoms with Crippen molar-refractivity contribution in [2.45, 2.75) is 39.7 Å². The molecule has 3 nitrogen and oxygen atoms in total. The Bertz CT molecular complexity index is 436. The molecule has 1 N–H and O–H groups in total. The van der Waals surface area contributed by atoms with Crippen LogP contribution in [0.5, 0.6) is 0 Å². The summed E-state index contributed by atoms with van der Waals surface area (Å²) in [5, 5.41) is 3.30. The molecule has 1 aliphatic heterocycles. The number of carbonyl (C=O) groups excluding carboxylic acids is 1. The van der Waals surface area contributed by atoms with Crippen LogP contribution >= 0.6 is 0 Å². The van der Waals surface area contributed by atoms with Crippen molar-refractivity contribution in [2.24, 2.45) is 0 Å². The number of carbonyl (C=O) groups is 1. The molecule has 1 heterocycles. The highest BCUT2D eigenvalue weighted by molar-refractivity contribution is 5.84. The second kappa shape index (κ2) is 5.42. The summed E-state index contributed by atoms with van der Waals surface area (Å²) in [4.78, 5) is 14.1. The van der Waals surface area contributed by atoms with Crippen LogP contribution in [-0.2, 0) is 4.79 Å². The SMILES string of the molecule is Cc1ccc(NC(C)C(=O)N2CCCC2)cc1C. The van der Waals surface area contributed by atoms with Gasteiger partial charge >= 0.3 is 0 Å². The van der Waals surface area contributed by atoms with Gasteiger partial charge in [0.1, 0.15) is 6.04 Å². The van der Waals surface area contributed by atoms with Crippen molar-refractivity contribution in [3.8, 4) is 0 Å². The third-order valence-electron chi connectivity index (χ3n) is 3.68. The molecule has 0 aromatic heterocycles. The molecule has 3 heteroatoms. The molecule has 1 aliphatic rings. The molecule has 1 amide bonds. The normalized spacial score (nSPS) is 16.7. The summed E-state index contributed by atoms with van der Waals surface area (Å²) in [7, 11) is 0. The van der Waals surface area contributed by atoms with Crippen LogP contribution in [0.25, 0.3) is 0 Å². The van der Waals surface area contributed by atoms with Crippen LogP contribution < -0.4 is 5.32 Å². The van der Waals surface area contributed by atoms with Gasteiger partial charge in [-0.2, -0.15) is 0 Å². The molecule has 1 aromatic rings. The molecule has 1 saturated heterocycles. The van der Waals surface area contributed by atoms with Crippen molar-refractivity contribution in [1.82, 2.24) is 4.90 Å². The minimum absolute atomic E-state index is 0.148. The molecule has 0 bridgehead atoms. The number of likely N-dealkylation sites (tertiary alicyclic amines) is 1. The predicted molar refractivity (Wildman–Crippen MR) is 74.8 cm³/mol. The fraction of sp³-hybridized carbons (Fsp3) is 0.533. The number of aryl methyl sites for hydroxylation is 2. The lowest BCUT2D eigenvalue weighted by molar-refractivity contribution is -0.130. The number of hydrogen-bond donors (Lipinski definition) is 1. The molecule has 98 valence electrons. The van der Waals surface area contributed by atoms with Crippen molar-refractivity contribution in [1.29, 1.82) is 0 Å². The fourth-order valence-corrected chi connectivity index (χ4v) is 2.35. The van der Waals surface area contributed by atoms with Crippen molar-refractivity contribution < 1.29 is 4.79 Å². The molecule has 0 saturated carbocycles. The second-order valence-corrected chi connectivity index (χ2v) is 5.20. The Morgan fingerprint density at radius 1 is 1.22 bits per heavy atom. The molecule has 0 aliphatic carbocycles. The third kappa shape index (κ3) is 2.84. The monoisotopic (exact) mass is 246 g/mol. The summed E-state index contributed by atoms with van der Waals surface area (Å²) in [6.07, 6.45) is 2.28. The summed E-state index contributed by atoms with van der Waals surface area (Å²) in [6, 6.07) is 6.08. The molecule has 1 unspecified atom stereocenters. The van der Waals surface area contributed by atoms with E-state index in [0.29, 0.717) is 0 Å². The lowest BCUT2D eigenvalue weighted by Gasteiger charge is -2.22. The molecule has 0 radical (unpaired) electrons. The minimum Gasteiger partial charge on any atom is -0.374 e. The van der Waals surface area contributed by atoms with E-state index in [4.69, 9.17) is 0 Å². The summed E-state index contributed by atoms with van der Waals surface area (Å²) in [5.74, 6) is 0.214. The third-order valence-corrected chi connectivity index (χ3v) is 3.68. The number of anilines is 1. The first-order valence-electron chi connectivity index (χ1n) is 6.70. The quantitative estimate of drug-likeness (QED) is 0.889. The van der Waals surface area contributed by atoms with Crippen LogP contribution in [-0.4, -0.2) is 29.9 Å². The number of hydrogen-bond acceptors (Lipinski definition) is 2. The Hall–Kier alpha value is -1.51. The fourth-order valence-electron chi connectivity index (χ4n) is 2.35. The number of rotatable bonds is 3. The molecule has 18 heavy (non-hydrogen) atoms. The van der Waals surface area contributed by atoms with E-state index in [0.717, 1.165) is 31.6 Å². The number of amides is 1. The Morgan fingerprint density at radius 3 is 2.50 bits per heavy atom. The van der Waals surface area contributed by atoms with E-state index >= 15 is 0 Å². The highest BCUT2D eigenvalue weighted by Gasteiger charge is 2.22. The van der Waals surface area contributed by atoms with Gasteiger partial charge in [0.15, 0.2) is 0 Å². The van der Waals surface area contributed by atoms with Gasteiger partial charge in [0, 0.05) is 18.8 Å². The van der Waals surface area contributed by atoms with Crippen LogP contribution in [0.1, 0.15) is 30.9 Å². The van der Waals surface area contributed by atoms with Crippen molar-refractivity contribution in [3.63, 3.8) is 0 Å². The summed E-state index contributed by atoms with van der Waals surface area (Å²) < 4.78 is 0. The van der Waals surface area contributed by atoms with E-state index in [2.05, 4.69) is 31.3 Å². The minimum atomic E-state index is -0.148. The smallest absolute Gasteiger partial charge is 0.244 e. The predicted octanol–water partition coefficient (Wildman–Crippen LogP) is 2.73. The van der Waals surface area contributed by atoms with Gasteiger partial charge in [-0.05, 0) is 56.9 Å². The number of nitrogens with one attached hydrogen (secondary N) is 1. The van der Waals surface area contributed by atoms with Gasteiger partial charge in [0.2, 0.25) is 5.91 Å². The molecule has 1 fully saturated rings. The summed E-state index contributed by atoms with van der Waals surface area (Å²) in [5.41, 5.74) is 3.55. The highest BCUT2D eigenvalue weighted by Crippen LogP contribution is 2.16. The Labute approximate surface area is 109 Å². The van der Waals surface area contributed by atoms with Crippen molar-refractivity contribution in [3.05, 3.63) is 29.3 Å². The van der Waals surface area contributed by atoms with E-state index in [-0.39, 0.29) is 11.9 Å². The van der Waals surface area contributed by atoms with Crippen LogP contribution in [0.4, 0.5) is 5.69 Å². The Morgan fingerprint density at radius 2 is 1.89 bits per heavy atom. The number of nitrogens with zero attached hydrogens (tertiary/aromatic N) is 1. The van der Waals surface area contributed by atoms with Crippen LogP contribution in [0.3, 0.4) is 0 Å². The van der Waals surface area contributed by atoms with Gasteiger partial charge in [0.25, 0.3) is 0 Å². The lowest BCUT2D eigenvalue weighted by Crippen LogP contribution is -2.39. The first-order chi connectivity index (χ1) is 8.58. The van der Waals surface area contributed by atoms with E-state index in [9.17, 15) is 4.79 Å². The highest BCUT2D eigenvalue weighted by atomic mass is 16.2. The molecular weight excluding hydrogens is 224 g/mol. The summed E-state index contributed by atoms with van der Waals surface area (Å²) >= 11 is 0. The zero-order valence-corrected chi connectivity index (χ0v) is 11.5. The standard InChI is InChI=1S/C15H22N2O/c1-11-6-7-14(10-12(11)2)16-13(3)15(18)17-8-4-5-9-17/h6-7,10,13,16H,4-5,8-9H2,1-3H3. The molecule has 1 aromatic carbocycles. The molecular formula is C15H22N2O. The van der Waals surface area contributed by atoms with Crippen molar-refractivity contribution >= 4 is 11.6 Å². The van der Waals surface area contributed by atoms with E-state index in [1.807, 2.05) is 17.9 Å². The average molecular weight is 246 g/mol. The maximum atomic E-state index is 12.2. The van der Waals surface area contributed by atoms with E-state index in [1.165, 1.54) is 11.1 Å². The number of benzene rings is 1. The zero-order valence-electron chi connectivity index (χ0n) is 11.5. The molecule has 1 atom stereocenters. The van der Waals surface area contributed by atoms with Crippen LogP contribution in [0.2, 0.25) is 0 Å². The second-order valence-electron chi connectivity index (χ2n) is 5.20. The van der Waals surface area contributed by atoms with Gasteiger partial charge in [0.05, 0.1) is 0 Å². The largest absolute Gasteiger partial charge is 0.374 e. The summed E-state index contributed by atoms with van der Waals surface area (Å²) in [6.45, 7) is 7.96. The van der Waals surface area contributed by atoms with E-state index < -0.39 is 0 Å². The van der Waals surface area contributed by atoms with E-state index in [1.54, 1.807) is 0 Å². The van der Waals surface area contributed by atoms with Crippen molar-refractivity contribution in [2.75, 3.05) is 18.4 Å². The van der Waals surface area contributed by atoms with Gasteiger partial charge < -0.3 is 10.2 Å². The van der Waals surface area contributed by atoms with Gasteiger partial charge in [-0.15, -0.1) is 0 Å². The van der Waals surface area contributed by atoms with Gasteiger partial charge in [-0.25, -0.2) is 0 Å². The molecule has 2 rings (SSSR count). The van der Waals surface area contributed by atoms with Crippen LogP contribution in [0.15, 0.2) is 18.2 Å².